The number of hydrogen-bond acceptors (Lipinski definition) is 3. The van der Waals surface area contributed by atoms with Crippen molar-refractivity contribution in [3.63, 3.8) is 0 Å². The summed E-state index contributed by atoms with van der Waals surface area (Å²) in [6.45, 7) is 4.57. The summed E-state index contributed by atoms with van der Waals surface area (Å²) in [7, 11) is 1.64. The molecule has 0 bridgehead atoms. The average Bonchev–Trinajstić information content (AvgIpc) is 2.44. The molecule has 1 aromatic rings. The Morgan fingerprint density at radius 2 is 2.15 bits per heavy atom. The van der Waals surface area contributed by atoms with E-state index in [1.165, 1.54) is 12.8 Å². The summed E-state index contributed by atoms with van der Waals surface area (Å²) in [6, 6.07) is 5.73. The van der Waals surface area contributed by atoms with Gasteiger partial charge in [-0.1, -0.05) is 20.3 Å². The Hall–Kier alpha value is -1.22. The molecule has 3 heteroatoms. The van der Waals surface area contributed by atoms with Crippen LogP contribution in [0.3, 0.4) is 0 Å². The Bertz CT molecular complexity index is 499. The highest BCUT2D eigenvalue weighted by atomic mass is 16.5. The number of rotatable bonds is 1. The molecule has 1 spiro atoms. The zero-order valence-electron chi connectivity index (χ0n) is 12.6. The van der Waals surface area contributed by atoms with Crippen molar-refractivity contribution in [3.8, 4) is 11.5 Å². The maximum Gasteiger partial charge on any atom is 0.126 e. The van der Waals surface area contributed by atoms with Gasteiger partial charge in [0.25, 0.3) is 0 Å². The summed E-state index contributed by atoms with van der Waals surface area (Å²) in [5.41, 5.74) is 0.666. The summed E-state index contributed by atoms with van der Waals surface area (Å²) < 4.78 is 11.6. The van der Waals surface area contributed by atoms with Gasteiger partial charge in [0, 0.05) is 12.0 Å². The molecule has 0 amide bonds. The quantitative estimate of drug-likeness (QED) is 0.850. The standard InChI is InChI=1S/C17H24O3/c1-11-5-4-8-17(12(11)2)10-15(18)14-9-13(19-3)6-7-16(14)20-17/h6-7,9,11-12,15,18H,4-5,8,10H2,1-3H3/t11?,12?,15-,17?/m1/s1. The van der Waals surface area contributed by atoms with Gasteiger partial charge in [-0.05, 0) is 42.9 Å². The van der Waals surface area contributed by atoms with Gasteiger partial charge in [-0.3, -0.25) is 0 Å². The molecule has 4 atom stereocenters. The first-order valence-electron chi connectivity index (χ1n) is 7.61. The normalized spacial score (nSPS) is 36.3. The van der Waals surface area contributed by atoms with E-state index in [4.69, 9.17) is 9.47 Å². The van der Waals surface area contributed by atoms with Crippen LogP contribution in [-0.4, -0.2) is 17.8 Å². The molecule has 1 heterocycles. The summed E-state index contributed by atoms with van der Waals surface area (Å²) in [5, 5.41) is 10.6. The van der Waals surface area contributed by atoms with Gasteiger partial charge < -0.3 is 14.6 Å². The smallest absolute Gasteiger partial charge is 0.126 e. The number of aliphatic hydroxyl groups excluding tert-OH is 1. The fourth-order valence-electron chi connectivity index (χ4n) is 3.86. The highest BCUT2D eigenvalue weighted by Gasteiger charge is 2.48. The first kappa shape index (κ1) is 13.7. The van der Waals surface area contributed by atoms with E-state index in [1.54, 1.807) is 7.11 Å². The van der Waals surface area contributed by atoms with E-state index < -0.39 is 6.10 Å². The van der Waals surface area contributed by atoms with Gasteiger partial charge in [-0.15, -0.1) is 0 Å². The molecule has 3 unspecified atom stereocenters. The Kier molecular flexibility index (Phi) is 3.41. The zero-order valence-corrected chi connectivity index (χ0v) is 12.6. The summed E-state index contributed by atoms with van der Waals surface area (Å²) >= 11 is 0. The average molecular weight is 276 g/mol. The number of aliphatic hydroxyl groups is 1. The van der Waals surface area contributed by atoms with Crippen molar-refractivity contribution in [1.82, 2.24) is 0 Å². The lowest BCUT2D eigenvalue weighted by molar-refractivity contribution is -0.0879. The van der Waals surface area contributed by atoms with E-state index in [2.05, 4.69) is 13.8 Å². The van der Waals surface area contributed by atoms with Crippen LogP contribution in [0.4, 0.5) is 0 Å². The van der Waals surface area contributed by atoms with Crippen molar-refractivity contribution in [2.24, 2.45) is 11.8 Å². The van der Waals surface area contributed by atoms with E-state index in [-0.39, 0.29) is 5.60 Å². The van der Waals surface area contributed by atoms with Crippen LogP contribution >= 0.6 is 0 Å². The van der Waals surface area contributed by atoms with Gasteiger partial charge in [-0.2, -0.15) is 0 Å². The maximum absolute atomic E-state index is 10.6. The Balaban J connectivity index is 1.96. The van der Waals surface area contributed by atoms with Crippen LogP contribution in [0.2, 0.25) is 0 Å². The monoisotopic (exact) mass is 276 g/mol. The van der Waals surface area contributed by atoms with Crippen LogP contribution in [0.1, 0.15) is 51.2 Å². The van der Waals surface area contributed by atoms with Crippen LogP contribution in [0, 0.1) is 11.8 Å². The summed E-state index contributed by atoms with van der Waals surface area (Å²) in [5.74, 6) is 2.72. The van der Waals surface area contributed by atoms with Crippen LogP contribution < -0.4 is 9.47 Å². The highest BCUT2D eigenvalue weighted by Crippen LogP contribution is 2.50. The first-order chi connectivity index (χ1) is 9.55. The third-order valence-electron chi connectivity index (χ3n) is 5.37. The third-order valence-corrected chi connectivity index (χ3v) is 5.37. The van der Waals surface area contributed by atoms with Crippen LogP contribution in [-0.2, 0) is 0 Å². The molecule has 1 aliphatic carbocycles. The zero-order chi connectivity index (χ0) is 14.3. The molecule has 1 fully saturated rings. The predicted octanol–water partition coefficient (Wildman–Crippen LogP) is 3.71. The summed E-state index contributed by atoms with van der Waals surface area (Å²) in [4.78, 5) is 0. The van der Waals surface area contributed by atoms with Crippen molar-refractivity contribution in [1.29, 1.82) is 0 Å². The van der Waals surface area contributed by atoms with Crippen LogP contribution in [0.5, 0.6) is 11.5 Å². The topological polar surface area (TPSA) is 38.7 Å². The minimum absolute atomic E-state index is 0.196. The first-order valence-corrected chi connectivity index (χ1v) is 7.61. The minimum Gasteiger partial charge on any atom is -0.497 e. The molecule has 1 aliphatic heterocycles. The van der Waals surface area contributed by atoms with Crippen molar-refractivity contribution in [2.45, 2.75) is 51.2 Å². The molecule has 1 aromatic carbocycles. The molecule has 0 radical (unpaired) electrons. The second-order valence-electron chi connectivity index (χ2n) is 6.45. The molecular formula is C17H24O3. The molecule has 1 N–H and O–H groups in total. The molecule has 3 nitrogen and oxygen atoms in total. The van der Waals surface area contributed by atoms with E-state index in [0.29, 0.717) is 18.3 Å². The van der Waals surface area contributed by atoms with E-state index >= 15 is 0 Å². The molecule has 1 saturated carbocycles. The Morgan fingerprint density at radius 1 is 1.35 bits per heavy atom. The lowest BCUT2D eigenvalue weighted by atomic mass is 9.67. The van der Waals surface area contributed by atoms with Gasteiger partial charge in [0.2, 0.25) is 0 Å². The van der Waals surface area contributed by atoms with Gasteiger partial charge in [0.15, 0.2) is 0 Å². The second kappa shape index (κ2) is 4.96. The molecule has 3 rings (SSSR count). The summed E-state index contributed by atoms with van der Waals surface area (Å²) in [6.07, 6.45) is 3.72. The fraction of sp³-hybridized carbons (Fsp3) is 0.647. The fourth-order valence-corrected chi connectivity index (χ4v) is 3.86. The van der Waals surface area contributed by atoms with Gasteiger partial charge in [-0.25, -0.2) is 0 Å². The molecule has 20 heavy (non-hydrogen) atoms. The lowest BCUT2D eigenvalue weighted by Crippen LogP contribution is -2.50. The van der Waals surface area contributed by atoms with Crippen LogP contribution in [0.25, 0.3) is 0 Å². The highest BCUT2D eigenvalue weighted by molar-refractivity contribution is 5.43. The molecule has 2 aliphatic rings. The molecular weight excluding hydrogens is 252 g/mol. The predicted molar refractivity (Wildman–Crippen MR) is 78.1 cm³/mol. The molecule has 0 saturated heterocycles. The van der Waals surface area contributed by atoms with Crippen molar-refractivity contribution >= 4 is 0 Å². The van der Waals surface area contributed by atoms with E-state index in [0.717, 1.165) is 23.5 Å². The van der Waals surface area contributed by atoms with Crippen molar-refractivity contribution in [3.05, 3.63) is 23.8 Å². The number of hydrogen-bond donors (Lipinski definition) is 1. The Morgan fingerprint density at radius 3 is 2.90 bits per heavy atom. The SMILES string of the molecule is COc1ccc2c(c1)[C@H](O)CC1(CCCC(C)C1C)O2. The van der Waals surface area contributed by atoms with Crippen LogP contribution in [0.15, 0.2) is 18.2 Å². The third kappa shape index (κ3) is 2.08. The maximum atomic E-state index is 10.6. The number of methoxy groups -OCH3 is 1. The van der Waals surface area contributed by atoms with Crippen molar-refractivity contribution in [2.75, 3.05) is 7.11 Å². The lowest BCUT2D eigenvalue weighted by Gasteiger charge is -2.49. The van der Waals surface area contributed by atoms with E-state index in [1.807, 2.05) is 18.2 Å². The second-order valence-corrected chi connectivity index (χ2v) is 6.45. The number of fused-ring (bicyclic) bond motifs is 1. The van der Waals surface area contributed by atoms with Crippen molar-refractivity contribution < 1.29 is 14.6 Å². The largest absolute Gasteiger partial charge is 0.497 e. The molecule has 110 valence electrons. The molecule has 0 aromatic heterocycles. The van der Waals surface area contributed by atoms with E-state index in [9.17, 15) is 5.11 Å². The van der Waals surface area contributed by atoms with Gasteiger partial charge in [0.05, 0.1) is 13.2 Å². The minimum atomic E-state index is -0.457. The number of benzene rings is 1. The Labute approximate surface area is 120 Å². The van der Waals surface area contributed by atoms with Gasteiger partial charge >= 0.3 is 0 Å². The van der Waals surface area contributed by atoms with Gasteiger partial charge in [0.1, 0.15) is 17.1 Å². The number of ether oxygens (including phenoxy) is 2.